The Labute approximate surface area is 224 Å². The van der Waals surface area contributed by atoms with E-state index in [0.29, 0.717) is 44.8 Å². The Kier molecular flexibility index (Phi) is 7.31. The molecule has 1 amide bonds. The lowest BCUT2D eigenvalue weighted by molar-refractivity contribution is 0.0956. The molecule has 0 bridgehead atoms. The summed E-state index contributed by atoms with van der Waals surface area (Å²) in [5.41, 5.74) is 5.86. The second-order valence-electron chi connectivity index (χ2n) is 8.65. The molecule has 10 heteroatoms. The number of hydrogen-bond acceptors (Lipinski definition) is 6. The van der Waals surface area contributed by atoms with Crippen LogP contribution in [0.4, 0.5) is 4.39 Å². The molecule has 39 heavy (non-hydrogen) atoms. The SMILES string of the molecule is C/C(=N/NC(=O)c1cc(-c2ccc(F)cc2)nc2ccccc12)c1ccc(S(=O)(=O)NCc2ccco2)cc1. The maximum absolute atomic E-state index is 13.4. The van der Waals surface area contributed by atoms with Crippen LogP contribution in [0, 0.1) is 5.82 Å². The Balaban J connectivity index is 1.34. The Hall–Kier alpha value is -4.67. The second kappa shape index (κ2) is 11.0. The number of nitrogens with one attached hydrogen (secondary N) is 2. The third-order valence-corrected chi connectivity index (χ3v) is 7.44. The Bertz CT molecular complexity index is 1770. The molecular formula is C29H23FN4O4S. The summed E-state index contributed by atoms with van der Waals surface area (Å²) in [5.74, 6) is -0.309. The molecule has 0 spiro atoms. The number of nitrogens with zero attached hydrogens (tertiary/aromatic N) is 2. The van der Waals surface area contributed by atoms with E-state index >= 15 is 0 Å². The number of furan rings is 1. The van der Waals surface area contributed by atoms with Gasteiger partial charge in [0.2, 0.25) is 10.0 Å². The van der Waals surface area contributed by atoms with Gasteiger partial charge in [0.1, 0.15) is 11.6 Å². The van der Waals surface area contributed by atoms with Gasteiger partial charge >= 0.3 is 0 Å². The van der Waals surface area contributed by atoms with Gasteiger partial charge in [-0.3, -0.25) is 4.79 Å². The first-order chi connectivity index (χ1) is 18.8. The highest BCUT2D eigenvalue weighted by Gasteiger charge is 2.16. The second-order valence-corrected chi connectivity index (χ2v) is 10.4. The lowest BCUT2D eigenvalue weighted by Gasteiger charge is -2.10. The van der Waals surface area contributed by atoms with Crippen LogP contribution in [0.2, 0.25) is 0 Å². The molecule has 0 aliphatic rings. The number of halogens is 1. The maximum atomic E-state index is 13.4. The molecule has 2 heterocycles. The molecule has 0 radical (unpaired) electrons. The van der Waals surface area contributed by atoms with Crippen molar-refractivity contribution in [2.24, 2.45) is 5.10 Å². The van der Waals surface area contributed by atoms with E-state index < -0.39 is 15.9 Å². The first-order valence-electron chi connectivity index (χ1n) is 11.9. The fourth-order valence-corrected chi connectivity index (χ4v) is 4.92. The van der Waals surface area contributed by atoms with Crippen molar-refractivity contribution in [1.29, 1.82) is 0 Å². The van der Waals surface area contributed by atoms with Gasteiger partial charge in [-0.15, -0.1) is 0 Å². The van der Waals surface area contributed by atoms with Gasteiger partial charge in [0, 0.05) is 10.9 Å². The monoisotopic (exact) mass is 542 g/mol. The van der Waals surface area contributed by atoms with Crippen LogP contribution in [0.1, 0.15) is 28.6 Å². The zero-order chi connectivity index (χ0) is 27.4. The summed E-state index contributed by atoms with van der Waals surface area (Å²) in [4.78, 5) is 17.9. The molecule has 196 valence electrons. The average Bonchev–Trinajstić information content (AvgIpc) is 3.48. The van der Waals surface area contributed by atoms with Crippen LogP contribution in [-0.4, -0.2) is 25.0 Å². The van der Waals surface area contributed by atoms with Crippen LogP contribution in [0.3, 0.4) is 0 Å². The molecule has 0 aliphatic heterocycles. The number of hydrazone groups is 1. The highest BCUT2D eigenvalue weighted by atomic mass is 32.2. The standard InChI is InChI=1S/C29H23FN4O4S/c1-19(20-10-14-24(15-11-20)39(36,37)31-18-23-5-4-16-38-23)33-34-29(35)26-17-28(21-8-12-22(30)13-9-21)32-27-7-3-2-6-25(26)27/h2-17,31H,18H2,1H3,(H,34,35)/b33-19-. The van der Waals surface area contributed by atoms with Crippen molar-refractivity contribution in [1.82, 2.24) is 15.1 Å². The Morgan fingerprint density at radius 1 is 0.974 bits per heavy atom. The summed E-state index contributed by atoms with van der Waals surface area (Å²) in [6, 6.07) is 24.3. The molecule has 0 unspecified atom stereocenters. The number of sulfonamides is 1. The molecule has 5 aromatic rings. The van der Waals surface area contributed by atoms with Crippen molar-refractivity contribution >= 4 is 32.5 Å². The number of amides is 1. The van der Waals surface area contributed by atoms with Gasteiger partial charge in [0.15, 0.2) is 0 Å². The van der Waals surface area contributed by atoms with E-state index in [1.807, 2.05) is 12.1 Å². The zero-order valence-electron chi connectivity index (χ0n) is 20.8. The highest BCUT2D eigenvalue weighted by molar-refractivity contribution is 7.89. The minimum atomic E-state index is -3.74. The molecule has 2 aromatic heterocycles. The summed E-state index contributed by atoms with van der Waals surface area (Å²) in [6.45, 7) is 1.74. The molecule has 0 fully saturated rings. The van der Waals surface area contributed by atoms with Gasteiger partial charge < -0.3 is 4.42 Å². The summed E-state index contributed by atoms with van der Waals surface area (Å²) in [6.07, 6.45) is 1.47. The normalized spacial score (nSPS) is 12.0. The number of fused-ring (bicyclic) bond motifs is 1. The zero-order valence-corrected chi connectivity index (χ0v) is 21.6. The number of benzene rings is 3. The Morgan fingerprint density at radius 2 is 1.72 bits per heavy atom. The predicted octanol–water partition coefficient (Wildman–Crippen LogP) is 5.27. The maximum Gasteiger partial charge on any atom is 0.272 e. The summed E-state index contributed by atoms with van der Waals surface area (Å²) >= 11 is 0. The van der Waals surface area contributed by atoms with Gasteiger partial charge in [-0.1, -0.05) is 30.3 Å². The molecule has 8 nitrogen and oxygen atoms in total. The highest BCUT2D eigenvalue weighted by Crippen LogP contribution is 2.25. The van der Waals surface area contributed by atoms with Crippen molar-refractivity contribution < 1.29 is 22.0 Å². The smallest absolute Gasteiger partial charge is 0.272 e. The minimum absolute atomic E-state index is 0.0379. The van der Waals surface area contributed by atoms with Gasteiger partial charge in [-0.2, -0.15) is 5.10 Å². The van der Waals surface area contributed by atoms with E-state index in [4.69, 9.17) is 4.42 Å². The van der Waals surface area contributed by atoms with Crippen molar-refractivity contribution in [3.63, 3.8) is 0 Å². The largest absolute Gasteiger partial charge is 0.468 e. The topological polar surface area (TPSA) is 114 Å². The summed E-state index contributed by atoms with van der Waals surface area (Å²) < 4.78 is 46.2. The lowest BCUT2D eigenvalue weighted by Crippen LogP contribution is -2.23. The van der Waals surface area contributed by atoms with Crippen LogP contribution in [0.5, 0.6) is 0 Å². The van der Waals surface area contributed by atoms with E-state index in [0.717, 1.165) is 0 Å². The fraction of sp³-hybridized carbons (Fsp3) is 0.0690. The molecule has 0 atom stereocenters. The third kappa shape index (κ3) is 5.92. The molecule has 0 aliphatic carbocycles. The molecule has 0 saturated heterocycles. The van der Waals surface area contributed by atoms with Crippen molar-refractivity contribution in [3.8, 4) is 11.3 Å². The number of carbonyl (C=O) groups excluding carboxylic acids is 1. The van der Waals surface area contributed by atoms with E-state index in [-0.39, 0.29) is 17.3 Å². The number of carbonyl (C=O) groups is 1. The molecule has 0 saturated carbocycles. The van der Waals surface area contributed by atoms with Crippen molar-refractivity contribution in [2.75, 3.05) is 0 Å². The minimum Gasteiger partial charge on any atom is -0.468 e. The first kappa shape index (κ1) is 26.0. The molecule has 3 aromatic carbocycles. The van der Waals surface area contributed by atoms with E-state index in [2.05, 4.69) is 20.2 Å². The Morgan fingerprint density at radius 3 is 2.44 bits per heavy atom. The summed E-state index contributed by atoms with van der Waals surface area (Å²) in [7, 11) is -3.74. The van der Waals surface area contributed by atoms with E-state index in [9.17, 15) is 17.6 Å². The predicted molar refractivity (Wildman–Crippen MR) is 146 cm³/mol. The van der Waals surface area contributed by atoms with Gasteiger partial charge in [-0.25, -0.2) is 27.9 Å². The fourth-order valence-electron chi connectivity index (χ4n) is 3.93. The number of rotatable bonds is 8. The van der Waals surface area contributed by atoms with E-state index in [1.165, 1.54) is 30.5 Å². The average molecular weight is 543 g/mol. The number of para-hydroxylation sites is 1. The van der Waals surface area contributed by atoms with Crippen LogP contribution in [0.15, 0.2) is 112 Å². The first-order valence-corrected chi connectivity index (χ1v) is 13.4. The number of pyridine rings is 1. The number of aromatic nitrogens is 1. The van der Waals surface area contributed by atoms with Gasteiger partial charge in [-0.05, 0) is 73.2 Å². The molecule has 2 N–H and O–H groups in total. The van der Waals surface area contributed by atoms with E-state index in [1.54, 1.807) is 61.5 Å². The lowest BCUT2D eigenvalue weighted by atomic mass is 10.0. The van der Waals surface area contributed by atoms with Crippen LogP contribution in [0.25, 0.3) is 22.2 Å². The number of hydrogen-bond donors (Lipinski definition) is 2. The van der Waals surface area contributed by atoms with Gasteiger partial charge in [0.05, 0.1) is 40.2 Å². The van der Waals surface area contributed by atoms with Crippen LogP contribution in [-0.2, 0) is 16.6 Å². The quantitative estimate of drug-likeness (QED) is 0.205. The molecule has 5 rings (SSSR count). The summed E-state index contributed by atoms with van der Waals surface area (Å²) in [5, 5.41) is 4.87. The van der Waals surface area contributed by atoms with Crippen molar-refractivity contribution in [2.45, 2.75) is 18.4 Å². The van der Waals surface area contributed by atoms with Crippen LogP contribution < -0.4 is 10.1 Å². The van der Waals surface area contributed by atoms with Gasteiger partial charge in [0.25, 0.3) is 5.91 Å². The van der Waals surface area contributed by atoms with Crippen LogP contribution >= 0.6 is 0 Å². The van der Waals surface area contributed by atoms with Crippen molar-refractivity contribution in [3.05, 3.63) is 120 Å². The third-order valence-electron chi connectivity index (χ3n) is 6.02. The molecular weight excluding hydrogens is 519 g/mol.